The molecule has 0 bridgehead atoms. The molecule has 3 rings (SSSR count). The van der Waals surface area contributed by atoms with Gasteiger partial charge in [-0.2, -0.15) is 0 Å². The molecule has 0 aliphatic rings. The van der Waals surface area contributed by atoms with Gasteiger partial charge in [-0.05, 0) is 36.1 Å². The Bertz CT molecular complexity index is 834. The van der Waals surface area contributed by atoms with Gasteiger partial charge in [-0.25, -0.2) is 0 Å². The molecule has 0 atom stereocenters. The number of ketones is 1. The van der Waals surface area contributed by atoms with Crippen LogP contribution in [-0.2, 0) is 6.54 Å². The molecule has 0 aliphatic heterocycles. The minimum atomic E-state index is -0.0764. The van der Waals surface area contributed by atoms with Gasteiger partial charge in [-0.15, -0.1) is 22.7 Å². The van der Waals surface area contributed by atoms with Crippen molar-refractivity contribution in [2.75, 3.05) is 0 Å². The molecule has 3 nitrogen and oxygen atoms in total. The first-order chi connectivity index (χ1) is 11.1. The summed E-state index contributed by atoms with van der Waals surface area (Å²) in [6.07, 6.45) is 0. The Hall–Kier alpha value is -2.24. The molecule has 1 N–H and O–H groups in total. The van der Waals surface area contributed by atoms with E-state index in [-0.39, 0.29) is 11.7 Å². The molecule has 0 spiro atoms. The van der Waals surface area contributed by atoms with Crippen LogP contribution in [0.25, 0.3) is 0 Å². The van der Waals surface area contributed by atoms with Gasteiger partial charge >= 0.3 is 0 Å². The SMILES string of the molecule is Cc1csc(C(=O)NCc2ccc(C(=O)c3ccccc3)s2)c1. The van der Waals surface area contributed by atoms with Crippen molar-refractivity contribution in [2.45, 2.75) is 13.5 Å². The number of carbonyl (C=O) groups excluding carboxylic acids is 2. The van der Waals surface area contributed by atoms with E-state index >= 15 is 0 Å². The van der Waals surface area contributed by atoms with Gasteiger partial charge in [-0.1, -0.05) is 30.3 Å². The lowest BCUT2D eigenvalue weighted by molar-refractivity contribution is 0.0954. The van der Waals surface area contributed by atoms with Crippen molar-refractivity contribution < 1.29 is 9.59 Å². The number of aryl methyl sites for hydroxylation is 1. The van der Waals surface area contributed by atoms with E-state index in [1.807, 2.05) is 60.8 Å². The number of hydrogen-bond acceptors (Lipinski definition) is 4. The molecular formula is C18H15NO2S2. The average Bonchev–Trinajstić information content (AvgIpc) is 3.22. The number of hydrogen-bond donors (Lipinski definition) is 1. The molecule has 3 aromatic rings. The van der Waals surface area contributed by atoms with Gasteiger partial charge in [0.05, 0.1) is 16.3 Å². The molecular weight excluding hydrogens is 326 g/mol. The summed E-state index contributed by atoms with van der Waals surface area (Å²) in [5, 5.41) is 4.85. The van der Waals surface area contributed by atoms with Crippen molar-refractivity contribution in [3.8, 4) is 0 Å². The standard InChI is InChI=1S/C18H15NO2S2/c1-12-9-16(22-11-12)18(21)19-10-14-7-8-15(23-14)17(20)13-5-3-2-4-6-13/h2-9,11H,10H2,1H3,(H,19,21). The third-order valence-corrected chi connectivity index (χ3v) is 5.43. The maximum atomic E-state index is 12.3. The molecule has 0 radical (unpaired) electrons. The van der Waals surface area contributed by atoms with E-state index < -0.39 is 0 Å². The number of benzene rings is 1. The maximum Gasteiger partial charge on any atom is 0.261 e. The van der Waals surface area contributed by atoms with Crippen LogP contribution in [0.5, 0.6) is 0 Å². The van der Waals surface area contributed by atoms with Gasteiger partial charge in [0.2, 0.25) is 5.78 Å². The first kappa shape index (κ1) is 15.6. The van der Waals surface area contributed by atoms with E-state index in [0.717, 1.165) is 10.4 Å². The quantitative estimate of drug-likeness (QED) is 0.704. The number of rotatable bonds is 5. The van der Waals surface area contributed by atoms with Crippen LogP contribution >= 0.6 is 22.7 Å². The van der Waals surface area contributed by atoms with Crippen LogP contribution in [0.15, 0.2) is 53.9 Å². The zero-order valence-corrected chi connectivity index (χ0v) is 14.2. The lowest BCUT2D eigenvalue weighted by atomic mass is 10.1. The lowest BCUT2D eigenvalue weighted by Crippen LogP contribution is -2.21. The molecule has 0 unspecified atom stereocenters. The smallest absolute Gasteiger partial charge is 0.261 e. The monoisotopic (exact) mass is 341 g/mol. The number of carbonyl (C=O) groups is 2. The fraction of sp³-hybridized carbons (Fsp3) is 0.111. The second kappa shape index (κ2) is 6.89. The fourth-order valence-corrected chi connectivity index (χ4v) is 3.86. The van der Waals surface area contributed by atoms with E-state index in [1.165, 1.54) is 22.7 Å². The maximum absolute atomic E-state index is 12.3. The third kappa shape index (κ3) is 3.75. The summed E-state index contributed by atoms with van der Waals surface area (Å²) in [4.78, 5) is 26.7. The highest BCUT2D eigenvalue weighted by atomic mass is 32.1. The Morgan fingerprint density at radius 3 is 2.52 bits per heavy atom. The largest absolute Gasteiger partial charge is 0.346 e. The summed E-state index contributed by atoms with van der Waals surface area (Å²) < 4.78 is 0. The summed E-state index contributed by atoms with van der Waals surface area (Å²) in [5.74, 6) is -0.0607. The number of amides is 1. The highest BCUT2D eigenvalue weighted by molar-refractivity contribution is 7.14. The van der Waals surface area contributed by atoms with Crippen LogP contribution < -0.4 is 5.32 Å². The van der Waals surface area contributed by atoms with Crippen molar-refractivity contribution in [1.29, 1.82) is 0 Å². The molecule has 0 saturated heterocycles. The Labute approximate surface area is 142 Å². The van der Waals surface area contributed by atoms with Crippen LogP contribution in [0.2, 0.25) is 0 Å². The van der Waals surface area contributed by atoms with Gasteiger partial charge in [0.1, 0.15) is 0 Å². The number of thiophene rings is 2. The van der Waals surface area contributed by atoms with Crippen molar-refractivity contribution in [2.24, 2.45) is 0 Å². The Kier molecular flexibility index (Phi) is 4.69. The van der Waals surface area contributed by atoms with Crippen molar-refractivity contribution in [1.82, 2.24) is 5.32 Å². The molecule has 1 aromatic carbocycles. The van der Waals surface area contributed by atoms with Crippen LogP contribution in [-0.4, -0.2) is 11.7 Å². The molecule has 2 heterocycles. The lowest BCUT2D eigenvalue weighted by Gasteiger charge is -2.01. The predicted molar refractivity (Wildman–Crippen MR) is 94.4 cm³/mol. The molecule has 0 aliphatic carbocycles. The summed E-state index contributed by atoms with van der Waals surface area (Å²) in [7, 11) is 0. The second-order valence-electron chi connectivity index (χ2n) is 5.13. The minimum Gasteiger partial charge on any atom is -0.346 e. The van der Waals surface area contributed by atoms with Gasteiger partial charge in [-0.3, -0.25) is 9.59 Å². The van der Waals surface area contributed by atoms with Crippen LogP contribution in [0, 0.1) is 6.92 Å². The first-order valence-corrected chi connectivity index (χ1v) is 8.85. The summed E-state index contributed by atoms with van der Waals surface area (Å²) in [6, 6.07) is 14.8. The van der Waals surface area contributed by atoms with Crippen LogP contribution in [0.4, 0.5) is 0 Å². The fourth-order valence-electron chi connectivity index (χ4n) is 2.13. The van der Waals surface area contributed by atoms with Crippen LogP contribution in [0.3, 0.4) is 0 Å². The Morgan fingerprint density at radius 2 is 1.83 bits per heavy atom. The zero-order valence-electron chi connectivity index (χ0n) is 12.5. The zero-order chi connectivity index (χ0) is 16.2. The second-order valence-corrected chi connectivity index (χ2v) is 7.21. The normalized spacial score (nSPS) is 10.5. The van der Waals surface area contributed by atoms with E-state index in [9.17, 15) is 9.59 Å². The molecule has 0 saturated carbocycles. The van der Waals surface area contributed by atoms with E-state index in [0.29, 0.717) is 21.9 Å². The van der Waals surface area contributed by atoms with Gasteiger partial charge in [0.25, 0.3) is 5.91 Å². The Morgan fingerprint density at radius 1 is 1.04 bits per heavy atom. The van der Waals surface area contributed by atoms with Gasteiger partial charge < -0.3 is 5.32 Å². The average molecular weight is 341 g/mol. The molecule has 23 heavy (non-hydrogen) atoms. The molecule has 2 aromatic heterocycles. The topological polar surface area (TPSA) is 46.2 Å². The van der Waals surface area contributed by atoms with E-state index in [1.54, 1.807) is 0 Å². The summed E-state index contributed by atoms with van der Waals surface area (Å²) >= 11 is 2.85. The van der Waals surface area contributed by atoms with Crippen molar-refractivity contribution in [3.05, 3.63) is 79.7 Å². The van der Waals surface area contributed by atoms with E-state index in [4.69, 9.17) is 0 Å². The van der Waals surface area contributed by atoms with Gasteiger partial charge in [0.15, 0.2) is 0 Å². The highest BCUT2D eigenvalue weighted by Gasteiger charge is 2.12. The molecule has 1 amide bonds. The first-order valence-electron chi connectivity index (χ1n) is 7.15. The molecule has 0 fully saturated rings. The van der Waals surface area contributed by atoms with Crippen LogP contribution in [0.1, 0.15) is 35.3 Å². The highest BCUT2D eigenvalue weighted by Crippen LogP contribution is 2.20. The summed E-state index contributed by atoms with van der Waals surface area (Å²) in [5.41, 5.74) is 1.77. The third-order valence-electron chi connectivity index (χ3n) is 3.30. The number of nitrogens with one attached hydrogen (secondary N) is 1. The molecule has 5 heteroatoms. The van der Waals surface area contributed by atoms with Crippen molar-refractivity contribution >= 4 is 34.4 Å². The summed E-state index contributed by atoms with van der Waals surface area (Å²) in [6.45, 7) is 2.40. The van der Waals surface area contributed by atoms with Gasteiger partial charge in [0, 0.05) is 10.4 Å². The molecule has 116 valence electrons. The van der Waals surface area contributed by atoms with E-state index in [2.05, 4.69) is 5.32 Å². The predicted octanol–water partition coefficient (Wildman–Crippen LogP) is 4.28. The minimum absolute atomic E-state index is 0.0158. The van der Waals surface area contributed by atoms with Crippen molar-refractivity contribution in [3.63, 3.8) is 0 Å². The Balaban J connectivity index is 1.63.